The van der Waals surface area contributed by atoms with Gasteiger partial charge in [0.05, 0.1) is 6.61 Å². The number of benzene rings is 1. The third-order valence-electron chi connectivity index (χ3n) is 2.54. The van der Waals surface area contributed by atoms with Gasteiger partial charge in [-0.05, 0) is 38.3 Å². The monoisotopic (exact) mass is 221 g/mol. The fraction of sp³-hybridized carbons (Fsp3) is 0.571. The van der Waals surface area contributed by atoms with Gasteiger partial charge < -0.3 is 10.1 Å². The summed E-state index contributed by atoms with van der Waals surface area (Å²) < 4.78 is 5.25. The fourth-order valence-corrected chi connectivity index (χ4v) is 1.64. The number of unbranched alkanes of at least 4 members (excludes halogenated alkanes) is 1. The van der Waals surface area contributed by atoms with Crippen LogP contribution in [0.4, 0.5) is 0 Å². The van der Waals surface area contributed by atoms with Crippen LogP contribution < -0.4 is 5.32 Å². The number of ether oxygens (including phenoxy) is 1. The molecule has 0 aliphatic heterocycles. The molecule has 0 aromatic heterocycles. The summed E-state index contributed by atoms with van der Waals surface area (Å²) in [5, 5.41) is 3.38. The molecule has 0 unspecified atom stereocenters. The average Bonchev–Trinajstić information content (AvgIpc) is 2.34. The summed E-state index contributed by atoms with van der Waals surface area (Å²) in [4.78, 5) is 0. The van der Waals surface area contributed by atoms with Gasteiger partial charge in [-0.25, -0.2) is 0 Å². The van der Waals surface area contributed by atoms with Gasteiger partial charge in [0.1, 0.15) is 0 Å². The second-order valence-corrected chi connectivity index (χ2v) is 3.89. The van der Waals surface area contributed by atoms with Gasteiger partial charge in [-0.2, -0.15) is 0 Å². The number of hydrogen-bond acceptors (Lipinski definition) is 2. The SMILES string of the molecule is CCOCCNCCCCc1ccccc1. The molecule has 2 nitrogen and oxygen atoms in total. The minimum Gasteiger partial charge on any atom is -0.380 e. The van der Waals surface area contributed by atoms with Gasteiger partial charge in [-0.1, -0.05) is 30.3 Å². The highest BCUT2D eigenvalue weighted by atomic mass is 16.5. The summed E-state index contributed by atoms with van der Waals surface area (Å²) in [7, 11) is 0. The first-order chi connectivity index (χ1) is 7.93. The molecule has 2 heteroatoms. The van der Waals surface area contributed by atoms with Crippen molar-refractivity contribution in [3.8, 4) is 0 Å². The standard InChI is InChI=1S/C14H23NO/c1-2-16-13-12-15-11-7-6-10-14-8-4-3-5-9-14/h3-5,8-9,15H,2,6-7,10-13H2,1H3. The summed E-state index contributed by atoms with van der Waals surface area (Å²) in [6, 6.07) is 10.7. The molecule has 0 fully saturated rings. The maximum atomic E-state index is 5.25. The van der Waals surface area contributed by atoms with E-state index in [1.165, 1.54) is 24.8 Å². The Bertz CT molecular complexity index is 248. The lowest BCUT2D eigenvalue weighted by Crippen LogP contribution is -2.20. The molecule has 90 valence electrons. The molecule has 0 amide bonds. The molecule has 0 heterocycles. The van der Waals surface area contributed by atoms with Gasteiger partial charge >= 0.3 is 0 Å². The van der Waals surface area contributed by atoms with Crippen LogP contribution >= 0.6 is 0 Å². The van der Waals surface area contributed by atoms with Crippen LogP contribution in [-0.4, -0.2) is 26.3 Å². The maximum Gasteiger partial charge on any atom is 0.0590 e. The molecule has 1 rings (SSSR count). The molecule has 0 spiro atoms. The van der Waals surface area contributed by atoms with Crippen molar-refractivity contribution in [2.45, 2.75) is 26.2 Å². The summed E-state index contributed by atoms with van der Waals surface area (Å²) in [5.74, 6) is 0. The van der Waals surface area contributed by atoms with E-state index in [1.807, 2.05) is 6.92 Å². The molecule has 0 saturated heterocycles. The van der Waals surface area contributed by atoms with Crippen molar-refractivity contribution in [1.82, 2.24) is 5.32 Å². The van der Waals surface area contributed by atoms with Crippen LogP contribution in [0, 0.1) is 0 Å². The first-order valence-electron chi connectivity index (χ1n) is 6.26. The molecule has 0 atom stereocenters. The molecule has 1 aromatic carbocycles. The van der Waals surface area contributed by atoms with Crippen LogP contribution in [0.15, 0.2) is 30.3 Å². The van der Waals surface area contributed by atoms with Crippen molar-refractivity contribution in [1.29, 1.82) is 0 Å². The van der Waals surface area contributed by atoms with Crippen LogP contribution in [0.2, 0.25) is 0 Å². The van der Waals surface area contributed by atoms with Crippen molar-refractivity contribution in [2.24, 2.45) is 0 Å². The second kappa shape index (κ2) is 9.37. The second-order valence-electron chi connectivity index (χ2n) is 3.89. The zero-order valence-corrected chi connectivity index (χ0v) is 10.2. The lowest BCUT2D eigenvalue weighted by molar-refractivity contribution is 0.149. The van der Waals surface area contributed by atoms with Gasteiger partial charge in [0.2, 0.25) is 0 Å². The lowest BCUT2D eigenvalue weighted by Gasteiger charge is -2.04. The van der Waals surface area contributed by atoms with Crippen LogP contribution in [0.1, 0.15) is 25.3 Å². The number of nitrogens with one attached hydrogen (secondary N) is 1. The fourth-order valence-electron chi connectivity index (χ4n) is 1.64. The smallest absolute Gasteiger partial charge is 0.0590 e. The van der Waals surface area contributed by atoms with Crippen molar-refractivity contribution in [2.75, 3.05) is 26.3 Å². The first kappa shape index (κ1) is 13.2. The van der Waals surface area contributed by atoms with Gasteiger partial charge in [-0.15, -0.1) is 0 Å². The highest BCUT2D eigenvalue weighted by Crippen LogP contribution is 2.03. The zero-order chi connectivity index (χ0) is 11.5. The third-order valence-corrected chi connectivity index (χ3v) is 2.54. The van der Waals surface area contributed by atoms with E-state index in [-0.39, 0.29) is 0 Å². The molecule has 0 bridgehead atoms. The minimum absolute atomic E-state index is 0.815. The lowest BCUT2D eigenvalue weighted by atomic mass is 10.1. The van der Waals surface area contributed by atoms with E-state index in [0.717, 1.165) is 26.3 Å². The van der Waals surface area contributed by atoms with Gasteiger partial charge in [0.25, 0.3) is 0 Å². The normalized spacial score (nSPS) is 10.6. The third kappa shape index (κ3) is 6.59. The Balaban J connectivity index is 1.89. The Morgan fingerprint density at radius 2 is 1.88 bits per heavy atom. The molecule has 1 N–H and O–H groups in total. The molecule has 0 radical (unpaired) electrons. The van der Waals surface area contributed by atoms with Crippen molar-refractivity contribution >= 4 is 0 Å². The van der Waals surface area contributed by atoms with E-state index >= 15 is 0 Å². The van der Waals surface area contributed by atoms with Crippen LogP contribution in [0.25, 0.3) is 0 Å². The predicted molar refractivity (Wildman–Crippen MR) is 68.7 cm³/mol. The summed E-state index contributed by atoms with van der Waals surface area (Å²) in [5.41, 5.74) is 1.44. The highest BCUT2D eigenvalue weighted by Gasteiger charge is 1.92. The molecule has 0 saturated carbocycles. The zero-order valence-electron chi connectivity index (χ0n) is 10.2. The Morgan fingerprint density at radius 3 is 2.62 bits per heavy atom. The van der Waals surface area contributed by atoms with E-state index in [4.69, 9.17) is 4.74 Å². The van der Waals surface area contributed by atoms with E-state index < -0.39 is 0 Å². The predicted octanol–water partition coefficient (Wildman–Crippen LogP) is 2.64. The van der Waals surface area contributed by atoms with E-state index in [1.54, 1.807) is 0 Å². The average molecular weight is 221 g/mol. The van der Waals surface area contributed by atoms with Gasteiger partial charge in [0.15, 0.2) is 0 Å². The maximum absolute atomic E-state index is 5.25. The van der Waals surface area contributed by atoms with Crippen molar-refractivity contribution in [3.63, 3.8) is 0 Å². The van der Waals surface area contributed by atoms with Crippen molar-refractivity contribution in [3.05, 3.63) is 35.9 Å². The molecular formula is C14H23NO. The van der Waals surface area contributed by atoms with Crippen LogP contribution in [0.3, 0.4) is 0 Å². The molecular weight excluding hydrogens is 198 g/mol. The first-order valence-corrected chi connectivity index (χ1v) is 6.26. The molecule has 1 aromatic rings. The largest absolute Gasteiger partial charge is 0.380 e. The summed E-state index contributed by atoms with van der Waals surface area (Å²) in [6.07, 6.45) is 3.68. The molecule has 16 heavy (non-hydrogen) atoms. The van der Waals surface area contributed by atoms with Crippen LogP contribution in [-0.2, 0) is 11.2 Å². The summed E-state index contributed by atoms with van der Waals surface area (Å²) >= 11 is 0. The van der Waals surface area contributed by atoms with Gasteiger partial charge in [0, 0.05) is 13.2 Å². The quantitative estimate of drug-likeness (QED) is 0.647. The number of aryl methyl sites for hydroxylation is 1. The Kier molecular flexibility index (Phi) is 7.74. The number of hydrogen-bond donors (Lipinski definition) is 1. The van der Waals surface area contributed by atoms with E-state index in [2.05, 4.69) is 35.6 Å². The van der Waals surface area contributed by atoms with Crippen LogP contribution in [0.5, 0.6) is 0 Å². The van der Waals surface area contributed by atoms with E-state index in [9.17, 15) is 0 Å². The molecule has 0 aliphatic carbocycles. The van der Waals surface area contributed by atoms with E-state index in [0.29, 0.717) is 0 Å². The topological polar surface area (TPSA) is 21.3 Å². The summed E-state index contributed by atoms with van der Waals surface area (Å²) in [6.45, 7) is 5.74. The van der Waals surface area contributed by atoms with Crippen molar-refractivity contribution < 1.29 is 4.74 Å². The highest BCUT2D eigenvalue weighted by molar-refractivity contribution is 5.14. The molecule has 0 aliphatic rings. The number of rotatable bonds is 9. The minimum atomic E-state index is 0.815. The Hall–Kier alpha value is -0.860. The Morgan fingerprint density at radius 1 is 1.06 bits per heavy atom. The van der Waals surface area contributed by atoms with Gasteiger partial charge in [-0.3, -0.25) is 0 Å². The Labute approximate surface area is 99.0 Å².